The molecule has 1 aromatic rings. The Hall–Kier alpha value is -0.650. The molecule has 1 aromatic heterocycles. The lowest BCUT2D eigenvalue weighted by molar-refractivity contribution is 0.0926. The van der Waals surface area contributed by atoms with Crippen LogP contribution < -0.4 is 5.32 Å². The highest BCUT2D eigenvalue weighted by Crippen LogP contribution is 2.15. The zero-order valence-electron chi connectivity index (χ0n) is 10.8. The Labute approximate surface area is 117 Å². The molecule has 2 N–H and O–H groups in total. The number of thioether (sulfide) groups is 1. The van der Waals surface area contributed by atoms with Gasteiger partial charge in [-0.25, -0.2) is 0 Å². The number of aromatic nitrogens is 1. The number of aliphatic hydroxyl groups excluding tert-OH is 1. The number of aliphatic hydroxyl groups is 1. The predicted octanol–water partition coefficient (Wildman–Crippen LogP) is 2.00. The van der Waals surface area contributed by atoms with Crippen LogP contribution in [0.15, 0.2) is 12.3 Å². The van der Waals surface area contributed by atoms with Gasteiger partial charge in [-0.2, -0.15) is 11.8 Å². The predicted molar refractivity (Wildman–Crippen MR) is 76.4 cm³/mol. The quantitative estimate of drug-likeness (QED) is 0.843. The van der Waals surface area contributed by atoms with Crippen LogP contribution in [-0.2, 0) is 6.54 Å². The molecule has 0 aromatic carbocycles. The second-order valence-electron chi connectivity index (χ2n) is 4.05. The summed E-state index contributed by atoms with van der Waals surface area (Å²) >= 11 is 7.43. The molecule has 0 aliphatic rings. The molecule has 2 atom stereocenters. The second-order valence-corrected chi connectivity index (χ2v) is 5.56. The number of carbonyl (C=O) groups is 1. The van der Waals surface area contributed by atoms with E-state index in [1.54, 1.807) is 16.8 Å². The van der Waals surface area contributed by atoms with Crippen molar-refractivity contribution in [2.75, 3.05) is 12.9 Å². The molecule has 1 heterocycles. The van der Waals surface area contributed by atoms with E-state index < -0.39 is 0 Å². The van der Waals surface area contributed by atoms with E-state index in [-0.39, 0.29) is 23.8 Å². The van der Waals surface area contributed by atoms with Crippen molar-refractivity contribution in [2.45, 2.75) is 31.7 Å². The highest BCUT2D eigenvalue weighted by Gasteiger charge is 2.20. The van der Waals surface area contributed by atoms with Crippen LogP contribution in [0.25, 0.3) is 0 Å². The van der Waals surface area contributed by atoms with E-state index in [1.807, 2.05) is 20.1 Å². The van der Waals surface area contributed by atoms with E-state index in [2.05, 4.69) is 5.32 Å². The van der Waals surface area contributed by atoms with E-state index in [9.17, 15) is 9.90 Å². The van der Waals surface area contributed by atoms with E-state index in [1.165, 1.54) is 11.8 Å². The number of carbonyl (C=O) groups excluding carboxylic acids is 1. The molecule has 0 aliphatic carbocycles. The van der Waals surface area contributed by atoms with Gasteiger partial charge in [-0.3, -0.25) is 4.79 Å². The van der Waals surface area contributed by atoms with Crippen LogP contribution in [0.5, 0.6) is 0 Å². The van der Waals surface area contributed by atoms with Gasteiger partial charge in [0.15, 0.2) is 0 Å². The maximum absolute atomic E-state index is 12.1. The molecule has 0 saturated heterocycles. The van der Waals surface area contributed by atoms with Crippen molar-refractivity contribution in [3.63, 3.8) is 0 Å². The second kappa shape index (κ2) is 7.07. The Morgan fingerprint density at radius 1 is 1.67 bits per heavy atom. The van der Waals surface area contributed by atoms with Crippen LogP contribution in [-0.4, -0.2) is 39.7 Å². The Morgan fingerprint density at radius 3 is 2.83 bits per heavy atom. The van der Waals surface area contributed by atoms with Gasteiger partial charge in [0.2, 0.25) is 0 Å². The molecule has 0 saturated carbocycles. The van der Waals surface area contributed by atoms with Gasteiger partial charge in [0.05, 0.1) is 11.6 Å². The first kappa shape index (κ1) is 15.4. The molecule has 1 rings (SSSR count). The fourth-order valence-corrected chi connectivity index (χ4v) is 2.58. The first-order valence-electron chi connectivity index (χ1n) is 5.83. The van der Waals surface area contributed by atoms with Crippen molar-refractivity contribution in [2.24, 2.45) is 0 Å². The van der Waals surface area contributed by atoms with Gasteiger partial charge in [-0.15, -0.1) is 0 Å². The zero-order valence-corrected chi connectivity index (χ0v) is 12.4. The number of nitrogens with one attached hydrogen (secondary N) is 1. The number of rotatable bonds is 6. The van der Waals surface area contributed by atoms with Crippen LogP contribution in [0.2, 0.25) is 5.02 Å². The molecule has 4 nitrogen and oxygen atoms in total. The van der Waals surface area contributed by atoms with Gasteiger partial charge in [-0.05, 0) is 26.2 Å². The number of aryl methyl sites for hydroxylation is 1. The Morgan fingerprint density at radius 2 is 2.33 bits per heavy atom. The third-order valence-corrected chi connectivity index (χ3v) is 4.21. The SMILES string of the molecule is CCn1cc(Cl)cc1C(=O)NC(C)C(CO)SC. The lowest BCUT2D eigenvalue weighted by atomic mass is 10.2. The monoisotopic (exact) mass is 290 g/mol. The third-order valence-electron chi connectivity index (χ3n) is 2.84. The summed E-state index contributed by atoms with van der Waals surface area (Å²) in [7, 11) is 0. The first-order chi connectivity index (χ1) is 8.53. The van der Waals surface area contributed by atoms with E-state index in [0.717, 1.165) is 0 Å². The van der Waals surface area contributed by atoms with Gasteiger partial charge < -0.3 is 15.0 Å². The Balaban J connectivity index is 2.75. The van der Waals surface area contributed by atoms with Crippen molar-refractivity contribution in [1.29, 1.82) is 0 Å². The lowest BCUT2D eigenvalue weighted by Crippen LogP contribution is -2.41. The zero-order chi connectivity index (χ0) is 13.7. The summed E-state index contributed by atoms with van der Waals surface area (Å²) < 4.78 is 1.80. The van der Waals surface area contributed by atoms with Crippen molar-refractivity contribution in [1.82, 2.24) is 9.88 Å². The number of nitrogens with zero attached hydrogens (tertiary/aromatic N) is 1. The molecule has 2 unspecified atom stereocenters. The molecule has 18 heavy (non-hydrogen) atoms. The molecule has 0 bridgehead atoms. The number of amides is 1. The molecular formula is C12H19ClN2O2S. The fraction of sp³-hybridized carbons (Fsp3) is 0.583. The van der Waals surface area contributed by atoms with Crippen LogP contribution in [0.3, 0.4) is 0 Å². The lowest BCUT2D eigenvalue weighted by Gasteiger charge is -2.21. The first-order valence-corrected chi connectivity index (χ1v) is 7.50. The average Bonchev–Trinajstić information content (AvgIpc) is 2.72. The summed E-state index contributed by atoms with van der Waals surface area (Å²) in [6, 6.07) is 1.55. The standard InChI is InChI=1S/C12H19ClN2O2S/c1-4-15-6-9(13)5-10(15)12(17)14-8(2)11(7-16)18-3/h5-6,8,11,16H,4,7H2,1-3H3,(H,14,17). The highest BCUT2D eigenvalue weighted by atomic mass is 35.5. The van der Waals surface area contributed by atoms with Crippen molar-refractivity contribution < 1.29 is 9.90 Å². The largest absolute Gasteiger partial charge is 0.395 e. The summed E-state index contributed by atoms with van der Waals surface area (Å²) in [6.07, 6.45) is 3.65. The van der Waals surface area contributed by atoms with Crippen molar-refractivity contribution in [3.05, 3.63) is 23.0 Å². The molecule has 6 heteroatoms. The smallest absolute Gasteiger partial charge is 0.268 e. The van der Waals surface area contributed by atoms with Crippen molar-refractivity contribution >= 4 is 29.3 Å². The summed E-state index contributed by atoms with van der Waals surface area (Å²) in [5, 5.41) is 12.6. The van der Waals surface area contributed by atoms with Gasteiger partial charge in [0.25, 0.3) is 5.91 Å². The molecular weight excluding hydrogens is 272 g/mol. The third kappa shape index (κ3) is 3.67. The van der Waals surface area contributed by atoms with Crippen LogP contribution in [0.4, 0.5) is 0 Å². The molecule has 102 valence electrons. The minimum absolute atomic E-state index is 0.00513. The van der Waals surface area contributed by atoms with Gasteiger partial charge >= 0.3 is 0 Å². The summed E-state index contributed by atoms with van der Waals surface area (Å²) in [5.41, 5.74) is 0.548. The maximum Gasteiger partial charge on any atom is 0.268 e. The van der Waals surface area contributed by atoms with Crippen LogP contribution in [0, 0.1) is 0 Å². The number of halogens is 1. The fourth-order valence-electron chi connectivity index (χ4n) is 1.74. The number of hydrogen-bond acceptors (Lipinski definition) is 3. The van der Waals surface area contributed by atoms with Crippen LogP contribution in [0.1, 0.15) is 24.3 Å². The Kier molecular flexibility index (Phi) is 6.05. The van der Waals surface area contributed by atoms with Gasteiger partial charge in [0.1, 0.15) is 5.69 Å². The topological polar surface area (TPSA) is 54.3 Å². The average molecular weight is 291 g/mol. The summed E-state index contributed by atoms with van der Waals surface area (Å²) in [6.45, 7) is 4.57. The molecule has 0 spiro atoms. The van der Waals surface area contributed by atoms with Gasteiger partial charge in [0, 0.05) is 24.0 Å². The van der Waals surface area contributed by atoms with Crippen LogP contribution >= 0.6 is 23.4 Å². The normalized spacial score (nSPS) is 14.3. The minimum atomic E-state index is -0.163. The molecule has 0 aliphatic heterocycles. The molecule has 1 amide bonds. The summed E-state index contributed by atoms with van der Waals surface area (Å²) in [5.74, 6) is -0.163. The maximum atomic E-state index is 12.1. The van der Waals surface area contributed by atoms with E-state index in [4.69, 9.17) is 11.6 Å². The molecule has 0 fully saturated rings. The van der Waals surface area contributed by atoms with E-state index in [0.29, 0.717) is 17.3 Å². The minimum Gasteiger partial charge on any atom is -0.395 e. The highest BCUT2D eigenvalue weighted by molar-refractivity contribution is 7.99. The number of hydrogen-bond donors (Lipinski definition) is 2. The van der Waals surface area contributed by atoms with E-state index >= 15 is 0 Å². The Bertz CT molecular complexity index is 405. The van der Waals surface area contributed by atoms with Crippen molar-refractivity contribution in [3.8, 4) is 0 Å². The van der Waals surface area contributed by atoms with Gasteiger partial charge in [-0.1, -0.05) is 11.6 Å². The molecule has 0 radical (unpaired) electrons. The summed E-state index contributed by atoms with van der Waals surface area (Å²) in [4.78, 5) is 12.1.